The van der Waals surface area contributed by atoms with Crippen molar-refractivity contribution in [2.45, 2.75) is 63.5 Å². The van der Waals surface area contributed by atoms with Gasteiger partial charge in [-0.05, 0) is 36.1 Å². The maximum absolute atomic E-state index is 4.15. The smallest absolute Gasteiger partial charge is 0.0731 e. The predicted octanol–water partition coefficient (Wildman–Crippen LogP) is 3.69. The summed E-state index contributed by atoms with van der Waals surface area (Å²) < 4.78 is 0. The lowest BCUT2D eigenvalue weighted by molar-refractivity contribution is 0.611. The van der Waals surface area contributed by atoms with E-state index in [1.807, 2.05) is 0 Å². The average Bonchev–Trinajstić information content (AvgIpc) is 2.86. The lowest BCUT2D eigenvalue weighted by atomic mass is 10.3. The Morgan fingerprint density at radius 3 is 1.29 bits per heavy atom. The molecule has 0 aliphatic heterocycles. The lowest BCUT2D eigenvalue weighted by Gasteiger charge is -1.97. The van der Waals surface area contributed by atoms with Crippen LogP contribution in [0.15, 0.2) is 20.7 Å². The van der Waals surface area contributed by atoms with Gasteiger partial charge in [-0.3, -0.25) is 0 Å². The Bertz CT molecular complexity index is 188. The molecule has 0 N–H and O–H groups in total. The van der Waals surface area contributed by atoms with Crippen molar-refractivity contribution < 1.29 is 0 Å². The van der Waals surface area contributed by atoms with Crippen LogP contribution in [0.4, 0.5) is 0 Å². The van der Waals surface area contributed by atoms with E-state index in [1.54, 1.807) is 0 Å². The number of nitrogens with zero attached hydrogens (tertiary/aromatic N) is 4. The molecule has 2 aliphatic rings. The second kappa shape index (κ2) is 5.17. The molecule has 0 unspecified atom stereocenters. The van der Waals surface area contributed by atoms with Gasteiger partial charge in [-0.1, -0.05) is 25.7 Å². The minimum atomic E-state index is 0.428. The highest BCUT2D eigenvalue weighted by Gasteiger charge is 2.14. The van der Waals surface area contributed by atoms with E-state index in [-0.39, 0.29) is 0 Å². The van der Waals surface area contributed by atoms with Gasteiger partial charge in [0.05, 0.1) is 12.1 Å². The third-order valence-electron chi connectivity index (χ3n) is 3.12. The first kappa shape index (κ1) is 9.74. The fourth-order valence-corrected chi connectivity index (χ4v) is 2.23. The van der Waals surface area contributed by atoms with Gasteiger partial charge in [-0.15, -0.1) is 0 Å². The summed E-state index contributed by atoms with van der Waals surface area (Å²) in [6.07, 6.45) is 9.91. The summed E-state index contributed by atoms with van der Waals surface area (Å²) in [7, 11) is 0. The van der Waals surface area contributed by atoms with E-state index in [9.17, 15) is 0 Å². The Morgan fingerprint density at radius 1 is 0.571 bits per heavy atom. The van der Waals surface area contributed by atoms with Crippen LogP contribution in [0.2, 0.25) is 0 Å². The van der Waals surface area contributed by atoms with Crippen LogP contribution in [0, 0.1) is 0 Å². The minimum absolute atomic E-state index is 0.428. The average molecular weight is 194 g/mol. The Hall–Kier alpha value is -0.800. The largest absolute Gasteiger partial charge is 0.164 e. The molecule has 0 aromatic carbocycles. The first-order valence-corrected chi connectivity index (χ1v) is 5.75. The monoisotopic (exact) mass is 194 g/mol. The van der Waals surface area contributed by atoms with Crippen molar-refractivity contribution in [3.8, 4) is 0 Å². The van der Waals surface area contributed by atoms with Crippen LogP contribution in [-0.4, -0.2) is 12.1 Å². The Balaban J connectivity index is 1.69. The molecule has 4 heteroatoms. The van der Waals surface area contributed by atoms with Gasteiger partial charge in [0.1, 0.15) is 0 Å². The van der Waals surface area contributed by atoms with Crippen molar-refractivity contribution in [3.63, 3.8) is 0 Å². The van der Waals surface area contributed by atoms with Crippen LogP contribution in [0.1, 0.15) is 51.4 Å². The molecular formula is C10H18N4. The molecule has 2 fully saturated rings. The van der Waals surface area contributed by atoms with Crippen molar-refractivity contribution in [1.82, 2.24) is 0 Å². The molecule has 14 heavy (non-hydrogen) atoms. The first-order chi connectivity index (χ1) is 6.95. The van der Waals surface area contributed by atoms with Crippen LogP contribution in [0.5, 0.6) is 0 Å². The second-order valence-electron chi connectivity index (χ2n) is 4.29. The maximum atomic E-state index is 4.15. The van der Waals surface area contributed by atoms with Gasteiger partial charge in [0.2, 0.25) is 0 Å². The Labute approximate surface area is 84.9 Å². The highest BCUT2D eigenvalue weighted by molar-refractivity contribution is 4.72. The molecule has 0 saturated heterocycles. The van der Waals surface area contributed by atoms with Gasteiger partial charge in [-0.2, -0.15) is 10.2 Å². The van der Waals surface area contributed by atoms with Gasteiger partial charge >= 0.3 is 0 Å². The molecular weight excluding hydrogens is 176 g/mol. The summed E-state index contributed by atoms with van der Waals surface area (Å²) in [5.74, 6) is 0. The molecule has 2 rings (SSSR count). The molecule has 0 aromatic rings. The van der Waals surface area contributed by atoms with Crippen molar-refractivity contribution in [2.24, 2.45) is 20.7 Å². The van der Waals surface area contributed by atoms with Gasteiger partial charge in [-0.25, -0.2) is 0 Å². The zero-order valence-corrected chi connectivity index (χ0v) is 8.60. The van der Waals surface area contributed by atoms with Crippen LogP contribution in [0.25, 0.3) is 0 Å². The van der Waals surface area contributed by atoms with Crippen LogP contribution in [0.3, 0.4) is 0 Å². The Kier molecular flexibility index (Phi) is 3.60. The predicted molar refractivity (Wildman–Crippen MR) is 54.2 cm³/mol. The van der Waals surface area contributed by atoms with E-state index in [1.165, 1.54) is 51.4 Å². The third-order valence-corrected chi connectivity index (χ3v) is 3.12. The molecule has 0 radical (unpaired) electrons. The summed E-state index contributed by atoms with van der Waals surface area (Å²) in [4.78, 5) is 0. The molecule has 2 aliphatic carbocycles. The molecule has 4 nitrogen and oxygen atoms in total. The van der Waals surface area contributed by atoms with E-state index >= 15 is 0 Å². The van der Waals surface area contributed by atoms with E-state index in [0.717, 1.165) is 0 Å². The third kappa shape index (κ3) is 2.86. The minimum Gasteiger partial charge on any atom is -0.164 e. The lowest BCUT2D eigenvalue weighted by Crippen LogP contribution is -1.94. The van der Waals surface area contributed by atoms with Gasteiger partial charge in [0.15, 0.2) is 0 Å². The summed E-state index contributed by atoms with van der Waals surface area (Å²) in [6, 6.07) is 0.857. The fraction of sp³-hybridized carbons (Fsp3) is 1.00. The van der Waals surface area contributed by atoms with Crippen LogP contribution in [-0.2, 0) is 0 Å². The van der Waals surface area contributed by atoms with Crippen molar-refractivity contribution in [2.75, 3.05) is 0 Å². The quantitative estimate of drug-likeness (QED) is 0.486. The van der Waals surface area contributed by atoms with Crippen molar-refractivity contribution in [1.29, 1.82) is 0 Å². The van der Waals surface area contributed by atoms with Crippen molar-refractivity contribution >= 4 is 0 Å². The van der Waals surface area contributed by atoms with Gasteiger partial charge in [0, 0.05) is 0 Å². The van der Waals surface area contributed by atoms with Gasteiger partial charge < -0.3 is 0 Å². The molecule has 0 atom stereocenters. The summed E-state index contributed by atoms with van der Waals surface area (Å²) in [5, 5.41) is 15.9. The summed E-state index contributed by atoms with van der Waals surface area (Å²) in [5.41, 5.74) is 0. The zero-order valence-electron chi connectivity index (χ0n) is 8.60. The van der Waals surface area contributed by atoms with Crippen LogP contribution >= 0.6 is 0 Å². The molecule has 0 bridgehead atoms. The van der Waals surface area contributed by atoms with Crippen LogP contribution < -0.4 is 0 Å². The molecule has 0 amide bonds. The molecule has 0 heterocycles. The van der Waals surface area contributed by atoms with Gasteiger partial charge in [0.25, 0.3) is 0 Å². The zero-order chi connectivity index (χ0) is 9.64. The summed E-state index contributed by atoms with van der Waals surface area (Å²) >= 11 is 0. The number of hydrogen-bond donors (Lipinski definition) is 0. The molecule has 2 saturated carbocycles. The standard InChI is InChI=1S/C10H18N4/c1-2-6-9(5-1)11-13-14-12-10-7-3-4-8-10/h9-10H,1-8H2. The normalized spacial score (nSPS) is 26.0. The Morgan fingerprint density at radius 2 is 0.929 bits per heavy atom. The maximum Gasteiger partial charge on any atom is 0.0731 e. The SMILES string of the molecule is C1CCC(N=NN=NC2CCCC2)C1. The van der Waals surface area contributed by atoms with E-state index in [4.69, 9.17) is 0 Å². The van der Waals surface area contributed by atoms with E-state index in [2.05, 4.69) is 20.7 Å². The molecule has 0 aromatic heterocycles. The van der Waals surface area contributed by atoms with E-state index in [0.29, 0.717) is 12.1 Å². The number of hydrogen-bond acceptors (Lipinski definition) is 2. The summed E-state index contributed by atoms with van der Waals surface area (Å²) in [6.45, 7) is 0. The highest BCUT2D eigenvalue weighted by Crippen LogP contribution is 2.22. The first-order valence-electron chi connectivity index (χ1n) is 5.75. The molecule has 0 spiro atoms. The van der Waals surface area contributed by atoms with Crippen molar-refractivity contribution in [3.05, 3.63) is 0 Å². The number of rotatable bonds is 3. The highest BCUT2D eigenvalue weighted by atomic mass is 15.5. The fourth-order valence-electron chi connectivity index (χ4n) is 2.23. The topological polar surface area (TPSA) is 49.4 Å². The molecule has 78 valence electrons. The second-order valence-corrected chi connectivity index (χ2v) is 4.29. The van der Waals surface area contributed by atoms with E-state index < -0.39 is 0 Å².